The lowest BCUT2D eigenvalue weighted by atomic mass is 10.1. The van der Waals surface area contributed by atoms with E-state index < -0.39 is 48.0 Å². The fraction of sp³-hybridized carbons (Fsp3) is 0.346. The number of hydrogen-bond acceptors (Lipinski definition) is 7. The highest BCUT2D eigenvalue weighted by molar-refractivity contribution is 6.34. The molecule has 0 bridgehead atoms. The molecule has 0 saturated heterocycles. The number of nitrogens with one attached hydrogen (secondary N) is 4. The summed E-state index contributed by atoms with van der Waals surface area (Å²) in [6.45, 7) is 6.18. The Hall–Kier alpha value is -4.12. The van der Waals surface area contributed by atoms with Crippen molar-refractivity contribution in [3.63, 3.8) is 0 Å². The second kappa shape index (κ2) is 13.4. The SMILES string of the molecule is COC(=O)[C@H](CNC(=O)CNC(=O)c1cccc(NC(=O)OC(C)(C)C)c1)NC(=O)c1c(C)cccc1Cl. The average molecular weight is 547 g/mol. The number of ether oxygens (including phenoxy) is 2. The molecule has 0 aromatic heterocycles. The van der Waals surface area contributed by atoms with Crippen LogP contribution in [0, 0.1) is 6.92 Å². The minimum absolute atomic E-state index is 0.196. The van der Waals surface area contributed by atoms with E-state index in [2.05, 4.69) is 21.3 Å². The van der Waals surface area contributed by atoms with Gasteiger partial charge < -0.3 is 25.4 Å². The summed E-state index contributed by atoms with van der Waals surface area (Å²) in [5.41, 5.74) is 0.652. The van der Waals surface area contributed by atoms with E-state index in [9.17, 15) is 24.0 Å². The molecule has 2 rings (SSSR count). The maximum absolute atomic E-state index is 12.7. The number of hydrogen-bond donors (Lipinski definition) is 4. The first-order chi connectivity index (χ1) is 17.8. The van der Waals surface area contributed by atoms with Crippen molar-refractivity contribution in [3.8, 4) is 0 Å². The summed E-state index contributed by atoms with van der Waals surface area (Å²) in [6, 6.07) is 9.81. The molecule has 0 unspecified atom stereocenters. The molecule has 0 aliphatic rings. The number of aryl methyl sites for hydroxylation is 1. The summed E-state index contributed by atoms with van der Waals surface area (Å²) in [4.78, 5) is 61.6. The molecule has 0 radical (unpaired) electrons. The minimum Gasteiger partial charge on any atom is -0.467 e. The fourth-order valence-corrected chi connectivity index (χ4v) is 3.49. The molecule has 4 N–H and O–H groups in total. The quantitative estimate of drug-likeness (QED) is 0.353. The minimum atomic E-state index is -1.20. The van der Waals surface area contributed by atoms with Gasteiger partial charge in [0.05, 0.1) is 24.2 Å². The molecule has 1 atom stereocenters. The van der Waals surface area contributed by atoms with E-state index in [0.29, 0.717) is 11.3 Å². The van der Waals surface area contributed by atoms with Gasteiger partial charge in [-0.1, -0.05) is 29.8 Å². The van der Waals surface area contributed by atoms with Gasteiger partial charge in [0.1, 0.15) is 11.6 Å². The molecular weight excluding hydrogens is 516 g/mol. The first-order valence-electron chi connectivity index (χ1n) is 11.6. The summed E-state index contributed by atoms with van der Waals surface area (Å²) < 4.78 is 9.90. The zero-order valence-corrected chi connectivity index (χ0v) is 22.5. The molecule has 2 aromatic carbocycles. The van der Waals surface area contributed by atoms with Crippen molar-refractivity contribution in [1.29, 1.82) is 0 Å². The number of methoxy groups -OCH3 is 1. The van der Waals surface area contributed by atoms with Crippen LogP contribution < -0.4 is 21.3 Å². The van der Waals surface area contributed by atoms with Gasteiger partial charge in [-0.2, -0.15) is 0 Å². The second-order valence-corrected chi connectivity index (χ2v) is 9.58. The monoisotopic (exact) mass is 546 g/mol. The lowest BCUT2D eigenvalue weighted by Gasteiger charge is -2.19. The van der Waals surface area contributed by atoms with E-state index in [-0.39, 0.29) is 22.7 Å². The Balaban J connectivity index is 1.92. The smallest absolute Gasteiger partial charge is 0.412 e. The highest BCUT2D eigenvalue weighted by Gasteiger charge is 2.25. The summed E-state index contributed by atoms with van der Waals surface area (Å²) in [7, 11) is 1.15. The van der Waals surface area contributed by atoms with Crippen LogP contribution >= 0.6 is 11.6 Å². The summed E-state index contributed by atoms with van der Waals surface area (Å²) in [6.07, 6.45) is -0.675. The summed E-state index contributed by atoms with van der Waals surface area (Å²) >= 11 is 6.12. The van der Waals surface area contributed by atoms with E-state index in [0.717, 1.165) is 7.11 Å². The third kappa shape index (κ3) is 9.40. The van der Waals surface area contributed by atoms with Gasteiger partial charge in [-0.3, -0.25) is 19.7 Å². The van der Waals surface area contributed by atoms with Crippen LogP contribution in [-0.4, -0.2) is 61.6 Å². The number of halogens is 1. The maximum atomic E-state index is 12.7. The van der Waals surface area contributed by atoms with Gasteiger partial charge in [-0.05, 0) is 57.5 Å². The number of carbonyl (C=O) groups excluding carboxylic acids is 5. The molecular formula is C26H31ClN4O7. The molecule has 12 heteroatoms. The molecule has 0 heterocycles. The van der Waals surface area contributed by atoms with E-state index in [1.165, 1.54) is 12.1 Å². The number of amides is 4. The van der Waals surface area contributed by atoms with Crippen molar-refractivity contribution >= 4 is 47.1 Å². The van der Waals surface area contributed by atoms with Crippen LogP contribution in [-0.2, 0) is 19.1 Å². The highest BCUT2D eigenvalue weighted by atomic mass is 35.5. The Labute approximate surface area is 225 Å². The fourth-order valence-electron chi connectivity index (χ4n) is 3.19. The van der Waals surface area contributed by atoms with Gasteiger partial charge in [0, 0.05) is 17.8 Å². The molecule has 38 heavy (non-hydrogen) atoms. The van der Waals surface area contributed by atoms with E-state index >= 15 is 0 Å². The van der Waals surface area contributed by atoms with Crippen LogP contribution in [0.1, 0.15) is 47.1 Å². The van der Waals surface area contributed by atoms with Gasteiger partial charge in [-0.15, -0.1) is 0 Å². The third-order valence-electron chi connectivity index (χ3n) is 4.92. The zero-order valence-electron chi connectivity index (χ0n) is 21.8. The van der Waals surface area contributed by atoms with Crippen LogP contribution in [0.5, 0.6) is 0 Å². The molecule has 204 valence electrons. The summed E-state index contributed by atoms with van der Waals surface area (Å²) in [5, 5.41) is 10.2. The van der Waals surface area contributed by atoms with E-state index in [4.69, 9.17) is 21.1 Å². The van der Waals surface area contributed by atoms with Crippen molar-refractivity contribution in [2.75, 3.05) is 25.5 Å². The third-order valence-corrected chi connectivity index (χ3v) is 5.24. The molecule has 0 aliphatic heterocycles. The highest BCUT2D eigenvalue weighted by Crippen LogP contribution is 2.19. The normalized spacial score (nSPS) is 11.5. The Bertz CT molecular complexity index is 1190. The van der Waals surface area contributed by atoms with Crippen molar-refractivity contribution < 1.29 is 33.4 Å². The van der Waals surface area contributed by atoms with Gasteiger partial charge in [-0.25, -0.2) is 9.59 Å². The Morgan fingerprint density at radius 2 is 1.66 bits per heavy atom. The van der Waals surface area contributed by atoms with Gasteiger partial charge in [0.25, 0.3) is 11.8 Å². The van der Waals surface area contributed by atoms with Crippen LogP contribution in [0.15, 0.2) is 42.5 Å². The molecule has 0 spiro atoms. The van der Waals surface area contributed by atoms with Crippen molar-refractivity contribution in [3.05, 3.63) is 64.2 Å². The van der Waals surface area contributed by atoms with Crippen molar-refractivity contribution in [1.82, 2.24) is 16.0 Å². The standard InChI is InChI=1S/C26H31ClN4O7/c1-15-8-6-11-18(27)21(15)23(34)31-19(24(35)37-5)13-28-20(32)14-29-22(33)16-9-7-10-17(12-16)30-25(36)38-26(2,3)4/h6-12,19H,13-14H2,1-5H3,(H,28,32)(H,29,33)(H,30,36)(H,31,34)/t19-/m0/s1. The predicted octanol–water partition coefficient (Wildman–Crippen LogP) is 2.81. The molecule has 4 amide bonds. The van der Waals surface area contributed by atoms with Gasteiger partial charge in [0.2, 0.25) is 5.91 Å². The number of anilines is 1. The first kappa shape index (κ1) is 30.1. The maximum Gasteiger partial charge on any atom is 0.412 e. The Morgan fingerprint density at radius 1 is 0.974 bits per heavy atom. The number of rotatable bonds is 9. The van der Waals surface area contributed by atoms with Gasteiger partial charge in [0.15, 0.2) is 0 Å². The van der Waals surface area contributed by atoms with E-state index in [1.807, 2.05) is 0 Å². The van der Waals surface area contributed by atoms with E-state index in [1.54, 1.807) is 58.0 Å². The first-order valence-corrected chi connectivity index (χ1v) is 12.0. The Morgan fingerprint density at radius 3 is 2.29 bits per heavy atom. The van der Waals surface area contributed by atoms with Crippen LogP contribution in [0.25, 0.3) is 0 Å². The largest absolute Gasteiger partial charge is 0.467 e. The van der Waals surface area contributed by atoms with Crippen LogP contribution in [0.4, 0.5) is 10.5 Å². The lowest BCUT2D eigenvalue weighted by Crippen LogP contribution is -2.50. The van der Waals surface area contributed by atoms with Gasteiger partial charge >= 0.3 is 12.1 Å². The predicted molar refractivity (Wildman–Crippen MR) is 141 cm³/mol. The van der Waals surface area contributed by atoms with Crippen molar-refractivity contribution in [2.45, 2.75) is 39.3 Å². The second-order valence-electron chi connectivity index (χ2n) is 9.18. The summed E-state index contributed by atoms with van der Waals surface area (Å²) in [5.74, 6) is -2.56. The molecule has 11 nitrogen and oxygen atoms in total. The average Bonchev–Trinajstić information content (AvgIpc) is 2.83. The number of carbonyl (C=O) groups is 5. The topological polar surface area (TPSA) is 152 Å². The van der Waals surface area contributed by atoms with Crippen molar-refractivity contribution in [2.24, 2.45) is 0 Å². The lowest BCUT2D eigenvalue weighted by molar-refractivity contribution is -0.142. The molecule has 0 saturated carbocycles. The number of esters is 1. The number of benzene rings is 2. The van der Waals surface area contributed by atoms with Crippen LogP contribution in [0.2, 0.25) is 5.02 Å². The molecule has 2 aromatic rings. The van der Waals surface area contributed by atoms with Crippen LogP contribution in [0.3, 0.4) is 0 Å². The Kier molecular flexibility index (Phi) is 10.6. The molecule has 0 aliphatic carbocycles. The molecule has 0 fully saturated rings. The zero-order chi connectivity index (χ0) is 28.5.